The molecule has 0 aliphatic carbocycles. The van der Waals surface area contributed by atoms with Crippen molar-refractivity contribution in [2.45, 2.75) is 32.7 Å². The first-order chi connectivity index (χ1) is 19.0. The van der Waals surface area contributed by atoms with Gasteiger partial charge in [0.2, 0.25) is 11.8 Å². The van der Waals surface area contributed by atoms with Crippen LogP contribution >= 0.6 is 11.6 Å². The molecule has 2 aromatic carbocycles. The maximum absolute atomic E-state index is 14.1. The van der Waals surface area contributed by atoms with Crippen LogP contribution in [0.25, 0.3) is 11.5 Å². The van der Waals surface area contributed by atoms with Gasteiger partial charge in [0, 0.05) is 56.4 Å². The lowest BCUT2D eigenvalue weighted by molar-refractivity contribution is -0.126. The molecule has 7 nitrogen and oxygen atoms in total. The van der Waals surface area contributed by atoms with E-state index >= 15 is 0 Å². The molecule has 1 unspecified atom stereocenters. The Balaban J connectivity index is 1.03. The Morgan fingerprint density at radius 2 is 1.85 bits per heavy atom. The fraction of sp³-hybridized carbons (Fsp3) is 0.467. The minimum atomic E-state index is -0.159. The van der Waals surface area contributed by atoms with E-state index in [1.54, 1.807) is 6.07 Å². The number of benzene rings is 2. The van der Waals surface area contributed by atoms with Crippen molar-refractivity contribution in [3.63, 3.8) is 0 Å². The molecule has 0 radical (unpaired) electrons. The van der Waals surface area contributed by atoms with Crippen LogP contribution in [0.5, 0.6) is 0 Å². The van der Waals surface area contributed by atoms with Crippen molar-refractivity contribution < 1.29 is 13.6 Å². The van der Waals surface area contributed by atoms with Gasteiger partial charge < -0.3 is 14.6 Å². The molecule has 3 aromatic rings. The summed E-state index contributed by atoms with van der Waals surface area (Å²) in [6, 6.07) is 14.4. The molecule has 9 heteroatoms. The number of carbonyl (C=O) groups excluding carboxylic acids is 1. The van der Waals surface area contributed by atoms with E-state index in [1.165, 1.54) is 6.07 Å². The first-order valence-corrected chi connectivity index (χ1v) is 14.3. The van der Waals surface area contributed by atoms with Gasteiger partial charge >= 0.3 is 0 Å². The third kappa shape index (κ3) is 7.18. The maximum atomic E-state index is 14.1. The van der Waals surface area contributed by atoms with Crippen LogP contribution in [0.3, 0.4) is 0 Å². The summed E-state index contributed by atoms with van der Waals surface area (Å²) in [4.78, 5) is 24.5. The highest BCUT2D eigenvalue weighted by Crippen LogP contribution is 2.26. The van der Waals surface area contributed by atoms with Crippen LogP contribution in [0.1, 0.15) is 30.7 Å². The smallest absolute Gasteiger partial charge is 0.226 e. The molecule has 2 fully saturated rings. The van der Waals surface area contributed by atoms with E-state index in [9.17, 15) is 9.18 Å². The van der Waals surface area contributed by atoms with Gasteiger partial charge in [0.15, 0.2) is 0 Å². The fourth-order valence-electron chi connectivity index (χ4n) is 5.49. The molecule has 2 aliphatic heterocycles. The average molecular weight is 554 g/mol. The van der Waals surface area contributed by atoms with Crippen molar-refractivity contribution in [2.75, 3.05) is 57.3 Å². The summed E-state index contributed by atoms with van der Waals surface area (Å²) in [6.45, 7) is 9.34. The van der Waals surface area contributed by atoms with E-state index in [0.717, 1.165) is 82.1 Å². The number of rotatable bonds is 9. The lowest BCUT2D eigenvalue weighted by Gasteiger charge is -2.36. The third-order valence-corrected chi connectivity index (χ3v) is 8.00. The molecule has 2 saturated heterocycles. The van der Waals surface area contributed by atoms with Crippen LogP contribution in [-0.4, -0.2) is 73.0 Å². The fourth-order valence-corrected chi connectivity index (χ4v) is 5.62. The summed E-state index contributed by atoms with van der Waals surface area (Å²) in [5, 5.41) is 3.84. The molecule has 1 aromatic heterocycles. The van der Waals surface area contributed by atoms with Crippen molar-refractivity contribution in [3.05, 3.63) is 70.8 Å². The number of halogens is 2. The number of piperazine rings is 1. The van der Waals surface area contributed by atoms with Crippen molar-refractivity contribution >= 4 is 23.2 Å². The van der Waals surface area contributed by atoms with Gasteiger partial charge in [0.25, 0.3) is 0 Å². The number of para-hydroxylation sites is 1. The number of hydrogen-bond donors (Lipinski definition) is 1. The lowest BCUT2D eigenvalue weighted by atomic mass is 9.97. The predicted octanol–water partition coefficient (Wildman–Crippen LogP) is 4.98. The largest absolute Gasteiger partial charge is 0.441 e. The van der Waals surface area contributed by atoms with Crippen LogP contribution < -0.4 is 10.2 Å². The monoisotopic (exact) mass is 553 g/mol. The number of anilines is 1. The number of aryl methyl sites for hydroxylation is 1. The second kappa shape index (κ2) is 12.9. The topological polar surface area (TPSA) is 64.9 Å². The standard InChI is InChI=1S/C30H37ClFN5O2/c1-22-27(34-30(39-22)23-9-11-25(31)12-10-23)21-36-14-4-6-24(20-36)29(38)33-13-5-15-35-16-18-37(19-17-35)28-8-3-2-7-26(28)32/h2-3,7-12,24H,4-6,13-21H2,1H3,(H,33,38). The van der Waals surface area contributed by atoms with E-state index < -0.39 is 0 Å². The summed E-state index contributed by atoms with van der Waals surface area (Å²) >= 11 is 6.00. The Morgan fingerprint density at radius 3 is 2.62 bits per heavy atom. The highest BCUT2D eigenvalue weighted by atomic mass is 35.5. The SMILES string of the molecule is Cc1oc(-c2ccc(Cl)cc2)nc1CN1CCCC(C(=O)NCCCN2CCN(c3ccccc3F)CC2)C1. The highest BCUT2D eigenvalue weighted by Gasteiger charge is 2.27. The van der Waals surface area contributed by atoms with E-state index in [4.69, 9.17) is 21.0 Å². The minimum absolute atomic E-state index is 0.00833. The molecular formula is C30H37ClFN5O2. The minimum Gasteiger partial charge on any atom is -0.441 e. The van der Waals surface area contributed by atoms with Crippen LogP contribution in [0.2, 0.25) is 5.02 Å². The van der Waals surface area contributed by atoms with Gasteiger partial charge in [-0.15, -0.1) is 0 Å². The molecule has 1 N–H and O–H groups in total. The van der Waals surface area contributed by atoms with Gasteiger partial charge in [-0.3, -0.25) is 14.6 Å². The van der Waals surface area contributed by atoms with E-state index in [2.05, 4.69) is 20.0 Å². The zero-order valence-corrected chi connectivity index (χ0v) is 23.3. The quantitative estimate of drug-likeness (QED) is 0.377. The summed E-state index contributed by atoms with van der Waals surface area (Å²) in [5.74, 6) is 1.38. The second-order valence-corrected chi connectivity index (χ2v) is 11.0. The molecule has 5 rings (SSSR count). The molecule has 2 aliphatic rings. The second-order valence-electron chi connectivity index (χ2n) is 10.5. The summed E-state index contributed by atoms with van der Waals surface area (Å²) in [6.07, 6.45) is 2.81. The van der Waals surface area contributed by atoms with Crippen LogP contribution in [0.4, 0.5) is 10.1 Å². The van der Waals surface area contributed by atoms with E-state index in [1.807, 2.05) is 43.3 Å². The molecule has 3 heterocycles. The first-order valence-electron chi connectivity index (χ1n) is 13.9. The average Bonchev–Trinajstić information content (AvgIpc) is 3.32. The Morgan fingerprint density at radius 1 is 1.08 bits per heavy atom. The molecule has 208 valence electrons. The number of nitrogens with zero attached hydrogens (tertiary/aromatic N) is 4. The van der Waals surface area contributed by atoms with E-state index in [0.29, 0.717) is 29.7 Å². The molecule has 1 amide bonds. The summed E-state index contributed by atoms with van der Waals surface area (Å²) < 4.78 is 20.0. The molecule has 39 heavy (non-hydrogen) atoms. The van der Waals surface area contributed by atoms with Crippen LogP contribution in [0.15, 0.2) is 52.9 Å². The van der Waals surface area contributed by atoms with Crippen LogP contribution in [0, 0.1) is 18.7 Å². The number of likely N-dealkylation sites (tertiary alicyclic amines) is 1. The molecule has 0 spiro atoms. The van der Waals surface area contributed by atoms with Gasteiger partial charge in [-0.2, -0.15) is 0 Å². The molecular weight excluding hydrogens is 517 g/mol. The van der Waals surface area contributed by atoms with Crippen LogP contribution in [-0.2, 0) is 11.3 Å². The van der Waals surface area contributed by atoms with Gasteiger partial charge in [0.1, 0.15) is 11.6 Å². The van der Waals surface area contributed by atoms with Crippen molar-refractivity contribution in [2.24, 2.45) is 5.92 Å². The van der Waals surface area contributed by atoms with Crippen molar-refractivity contribution in [1.29, 1.82) is 0 Å². The third-order valence-electron chi connectivity index (χ3n) is 7.75. The number of aromatic nitrogens is 1. The number of amides is 1. The summed E-state index contributed by atoms with van der Waals surface area (Å²) in [5.41, 5.74) is 2.50. The highest BCUT2D eigenvalue weighted by molar-refractivity contribution is 6.30. The first kappa shape index (κ1) is 27.6. The van der Waals surface area contributed by atoms with Crippen molar-refractivity contribution in [1.82, 2.24) is 20.1 Å². The number of piperidine rings is 1. The Kier molecular flexibility index (Phi) is 9.17. The Bertz CT molecular complexity index is 1240. The van der Waals surface area contributed by atoms with E-state index in [-0.39, 0.29) is 17.6 Å². The Hall–Kier alpha value is -2.94. The number of carbonyl (C=O) groups is 1. The summed E-state index contributed by atoms with van der Waals surface area (Å²) in [7, 11) is 0. The van der Waals surface area contributed by atoms with Gasteiger partial charge in [-0.05, 0) is 75.7 Å². The molecule has 1 atom stereocenters. The lowest BCUT2D eigenvalue weighted by Crippen LogP contribution is -2.47. The molecule has 0 bridgehead atoms. The normalized spacial score (nSPS) is 18.8. The predicted molar refractivity (Wildman–Crippen MR) is 152 cm³/mol. The number of hydrogen-bond acceptors (Lipinski definition) is 6. The maximum Gasteiger partial charge on any atom is 0.226 e. The van der Waals surface area contributed by atoms with Crippen molar-refractivity contribution in [3.8, 4) is 11.5 Å². The molecule has 0 saturated carbocycles. The number of nitrogens with one attached hydrogen (secondary N) is 1. The van der Waals surface area contributed by atoms with Gasteiger partial charge in [-0.1, -0.05) is 23.7 Å². The van der Waals surface area contributed by atoms with Gasteiger partial charge in [0.05, 0.1) is 17.3 Å². The van der Waals surface area contributed by atoms with Gasteiger partial charge in [-0.25, -0.2) is 9.37 Å². The number of oxazole rings is 1. The zero-order valence-electron chi connectivity index (χ0n) is 22.5. The zero-order chi connectivity index (χ0) is 27.2. The Labute approximate surface area is 234 Å².